The number of rotatable bonds is 13. The number of unbranched alkanes of at least 4 members (excludes halogenated alkanes) is 5. The van der Waals surface area contributed by atoms with Gasteiger partial charge in [0, 0.05) is 35.5 Å². The van der Waals surface area contributed by atoms with Gasteiger partial charge in [-0.2, -0.15) is 0 Å². The molecule has 4 rings (SSSR count). The Morgan fingerprint density at radius 3 is 2.58 bits per heavy atom. The summed E-state index contributed by atoms with van der Waals surface area (Å²) in [6.45, 7) is 3.40. The summed E-state index contributed by atoms with van der Waals surface area (Å²) in [4.78, 5) is 43.0. The average molecular weight is 581 g/mol. The van der Waals surface area contributed by atoms with E-state index < -0.39 is 22.6 Å². The molecule has 0 radical (unpaired) electrons. The number of amides is 3. The number of para-hydroxylation sites is 1. The standard InChI is InChI=1S/C27H38BrN3O4S/c1-2-3-9-14-29-25(34)23-27-17-19(28)22(36-27)20(24(33)30-18-12-7-6-8-13-18)21(27)26(35)31(23)15-10-4-5-11-16-32/h6-8,12-13,19-23,32H,2-5,9-11,14-17H2,1H3,(H,29,34)(H,30,33)/t19?,20-,21-,22-,23?,27?/m0/s1. The van der Waals surface area contributed by atoms with Gasteiger partial charge in [0.2, 0.25) is 17.7 Å². The van der Waals surface area contributed by atoms with Crippen molar-refractivity contribution < 1.29 is 19.5 Å². The second kappa shape index (κ2) is 12.3. The molecule has 3 aliphatic rings. The van der Waals surface area contributed by atoms with E-state index in [-0.39, 0.29) is 34.4 Å². The van der Waals surface area contributed by atoms with E-state index in [9.17, 15) is 14.4 Å². The number of anilines is 1. The van der Waals surface area contributed by atoms with Crippen LogP contribution < -0.4 is 10.6 Å². The Hall–Kier alpha value is -1.58. The summed E-state index contributed by atoms with van der Waals surface area (Å²) in [6, 6.07) is 8.77. The number of likely N-dealkylation sites (tertiary alicyclic amines) is 1. The van der Waals surface area contributed by atoms with E-state index >= 15 is 0 Å². The molecular weight excluding hydrogens is 542 g/mol. The Bertz CT molecular complexity index is 935. The average Bonchev–Trinajstić information content (AvgIpc) is 3.45. The Morgan fingerprint density at radius 1 is 1.11 bits per heavy atom. The lowest BCUT2D eigenvalue weighted by atomic mass is 9.70. The molecule has 3 fully saturated rings. The highest BCUT2D eigenvalue weighted by Crippen LogP contribution is 2.67. The third kappa shape index (κ3) is 5.34. The van der Waals surface area contributed by atoms with E-state index in [1.165, 1.54) is 0 Å². The fourth-order valence-electron chi connectivity index (χ4n) is 6.15. The van der Waals surface area contributed by atoms with Gasteiger partial charge in [-0.1, -0.05) is 66.7 Å². The van der Waals surface area contributed by atoms with Crippen molar-refractivity contribution in [3.63, 3.8) is 0 Å². The normalized spacial score (nSPS) is 30.5. The van der Waals surface area contributed by atoms with Gasteiger partial charge in [0.1, 0.15) is 6.04 Å². The summed E-state index contributed by atoms with van der Waals surface area (Å²) < 4.78 is -0.603. The second-order valence-electron chi connectivity index (χ2n) is 10.2. The van der Waals surface area contributed by atoms with Crippen LogP contribution in [-0.2, 0) is 14.4 Å². The number of nitrogens with one attached hydrogen (secondary N) is 2. The van der Waals surface area contributed by atoms with Crippen LogP contribution in [-0.4, -0.2) is 68.3 Å². The SMILES string of the molecule is CCCCCNC(=O)C1N(CCCCCCO)C(=O)[C@@H]2[C@H](C(=O)Nc3ccccc3)[C@H]3SC12CC3Br. The van der Waals surface area contributed by atoms with Crippen LogP contribution in [0.2, 0.25) is 0 Å². The molecule has 6 atom stereocenters. The summed E-state index contributed by atoms with van der Waals surface area (Å²) in [5.74, 6) is -1.29. The zero-order valence-corrected chi connectivity index (χ0v) is 23.4. The number of carbonyl (C=O) groups is 3. The molecular formula is C27H38BrN3O4S. The fraction of sp³-hybridized carbons (Fsp3) is 0.667. The van der Waals surface area contributed by atoms with E-state index in [0.29, 0.717) is 25.2 Å². The Balaban J connectivity index is 1.58. The molecule has 0 aliphatic carbocycles. The van der Waals surface area contributed by atoms with Crippen molar-refractivity contribution in [2.24, 2.45) is 11.8 Å². The van der Waals surface area contributed by atoms with E-state index in [0.717, 1.165) is 44.9 Å². The molecule has 3 unspecified atom stereocenters. The third-order valence-corrected chi connectivity index (χ3v) is 11.0. The smallest absolute Gasteiger partial charge is 0.244 e. The summed E-state index contributed by atoms with van der Waals surface area (Å²) >= 11 is 5.48. The summed E-state index contributed by atoms with van der Waals surface area (Å²) in [6.07, 6.45) is 7.04. The maximum atomic E-state index is 14.0. The first-order valence-corrected chi connectivity index (χ1v) is 15.1. The first-order chi connectivity index (χ1) is 17.4. The Morgan fingerprint density at radius 2 is 1.86 bits per heavy atom. The Labute approximate surface area is 226 Å². The van der Waals surface area contributed by atoms with Gasteiger partial charge in [-0.15, -0.1) is 11.8 Å². The zero-order chi connectivity index (χ0) is 25.7. The maximum Gasteiger partial charge on any atom is 0.244 e. The van der Waals surface area contributed by atoms with Crippen molar-refractivity contribution in [1.82, 2.24) is 10.2 Å². The van der Waals surface area contributed by atoms with Gasteiger partial charge in [0.15, 0.2) is 0 Å². The second-order valence-corrected chi connectivity index (χ2v) is 12.9. The van der Waals surface area contributed by atoms with Gasteiger partial charge in [0.05, 0.1) is 16.6 Å². The number of thioether (sulfide) groups is 1. The highest BCUT2D eigenvalue weighted by atomic mass is 79.9. The summed E-state index contributed by atoms with van der Waals surface area (Å²) in [5, 5.41) is 15.2. The van der Waals surface area contributed by atoms with Crippen molar-refractivity contribution >= 4 is 51.1 Å². The summed E-state index contributed by atoms with van der Waals surface area (Å²) in [5.41, 5.74) is 0.715. The van der Waals surface area contributed by atoms with E-state index in [1.807, 2.05) is 30.3 Å². The molecule has 36 heavy (non-hydrogen) atoms. The number of aliphatic hydroxyl groups is 1. The van der Waals surface area contributed by atoms with Gasteiger partial charge >= 0.3 is 0 Å². The number of nitrogens with zero attached hydrogens (tertiary/aromatic N) is 1. The van der Waals surface area contributed by atoms with Crippen LogP contribution in [0.3, 0.4) is 0 Å². The largest absolute Gasteiger partial charge is 0.396 e. The van der Waals surface area contributed by atoms with Crippen LogP contribution in [0.4, 0.5) is 5.69 Å². The van der Waals surface area contributed by atoms with E-state index in [4.69, 9.17) is 5.11 Å². The van der Waals surface area contributed by atoms with Crippen molar-refractivity contribution in [1.29, 1.82) is 0 Å². The minimum atomic E-state index is -0.603. The van der Waals surface area contributed by atoms with Crippen LogP contribution in [0.1, 0.15) is 58.3 Å². The molecule has 0 aromatic heterocycles. The summed E-state index contributed by atoms with van der Waals surface area (Å²) in [7, 11) is 0. The molecule has 3 saturated heterocycles. The molecule has 7 nitrogen and oxygen atoms in total. The fourth-order valence-corrected chi connectivity index (χ4v) is 9.76. The quantitative estimate of drug-likeness (QED) is 0.243. The van der Waals surface area contributed by atoms with Gasteiger partial charge < -0.3 is 20.6 Å². The molecule has 1 spiro atoms. The zero-order valence-electron chi connectivity index (χ0n) is 21.0. The van der Waals surface area contributed by atoms with E-state index in [2.05, 4.69) is 33.5 Å². The lowest BCUT2D eigenvalue weighted by molar-refractivity contribution is -0.139. The van der Waals surface area contributed by atoms with Gasteiger partial charge in [-0.25, -0.2) is 0 Å². The molecule has 2 bridgehead atoms. The van der Waals surface area contributed by atoms with Crippen LogP contribution >= 0.6 is 27.7 Å². The molecule has 3 amide bonds. The number of benzene rings is 1. The predicted octanol–water partition coefficient (Wildman–Crippen LogP) is 3.95. The number of alkyl halides is 1. The van der Waals surface area contributed by atoms with Crippen LogP contribution in [0.15, 0.2) is 30.3 Å². The number of carbonyl (C=O) groups excluding carboxylic acids is 3. The van der Waals surface area contributed by atoms with Crippen molar-refractivity contribution in [2.45, 2.75) is 79.2 Å². The van der Waals surface area contributed by atoms with Crippen molar-refractivity contribution in [3.05, 3.63) is 30.3 Å². The van der Waals surface area contributed by atoms with E-state index in [1.54, 1.807) is 16.7 Å². The third-order valence-electron chi connectivity index (χ3n) is 7.77. The minimum absolute atomic E-state index is 0.0512. The van der Waals surface area contributed by atoms with Crippen LogP contribution in [0.25, 0.3) is 0 Å². The molecule has 0 saturated carbocycles. The van der Waals surface area contributed by atoms with Crippen molar-refractivity contribution in [3.8, 4) is 0 Å². The highest BCUT2D eigenvalue weighted by Gasteiger charge is 2.75. The number of aliphatic hydroxyl groups excluding tert-OH is 1. The lowest BCUT2D eigenvalue weighted by Gasteiger charge is -2.35. The van der Waals surface area contributed by atoms with Crippen LogP contribution in [0, 0.1) is 11.8 Å². The number of halogens is 1. The maximum absolute atomic E-state index is 14.0. The number of fused-ring (bicyclic) bond motifs is 1. The van der Waals surface area contributed by atoms with Gasteiger partial charge in [-0.05, 0) is 37.8 Å². The molecule has 9 heteroatoms. The van der Waals surface area contributed by atoms with Crippen LogP contribution in [0.5, 0.6) is 0 Å². The van der Waals surface area contributed by atoms with Gasteiger partial charge in [0.25, 0.3) is 0 Å². The monoisotopic (exact) mass is 579 g/mol. The first kappa shape index (κ1) is 27.5. The molecule has 3 heterocycles. The number of hydrogen-bond acceptors (Lipinski definition) is 5. The van der Waals surface area contributed by atoms with Crippen molar-refractivity contribution in [2.75, 3.05) is 25.0 Å². The van der Waals surface area contributed by atoms with Gasteiger partial charge in [-0.3, -0.25) is 14.4 Å². The topological polar surface area (TPSA) is 98.7 Å². The molecule has 3 aliphatic heterocycles. The molecule has 198 valence electrons. The molecule has 3 N–H and O–H groups in total. The highest BCUT2D eigenvalue weighted by molar-refractivity contribution is 9.09. The molecule has 1 aromatic carbocycles. The lowest BCUT2D eigenvalue weighted by Crippen LogP contribution is -2.54. The number of hydrogen-bond donors (Lipinski definition) is 3. The molecule has 1 aromatic rings. The Kier molecular flexibility index (Phi) is 9.39. The first-order valence-electron chi connectivity index (χ1n) is 13.3. The predicted molar refractivity (Wildman–Crippen MR) is 147 cm³/mol. The minimum Gasteiger partial charge on any atom is -0.396 e.